The second-order valence-corrected chi connectivity index (χ2v) is 8.64. The lowest BCUT2D eigenvalue weighted by Gasteiger charge is -2.28. The number of likely N-dealkylation sites (tertiary alicyclic amines) is 1. The number of aromatic hydroxyl groups is 1. The summed E-state index contributed by atoms with van der Waals surface area (Å²) >= 11 is 0. The number of nitrogens with two attached hydrogens (primary N) is 1. The van der Waals surface area contributed by atoms with Gasteiger partial charge in [0.05, 0.1) is 6.04 Å². The molecule has 7 heteroatoms. The summed E-state index contributed by atoms with van der Waals surface area (Å²) in [5.41, 5.74) is 9.29. The van der Waals surface area contributed by atoms with Gasteiger partial charge in [0.1, 0.15) is 11.8 Å². The van der Waals surface area contributed by atoms with Crippen molar-refractivity contribution >= 4 is 22.7 Å². The third kappa shape index (κ3) is 4.78. The van der Waals surface area contributed by atoms with Gasteiger partial charge in [-0.3, -0.25) is 9.59 Å². The average molecular weight is 435 g/mol. The summed E-state index contributed by atoms with van der Waals surface area (Å²) < 4.78 is 0. The highest BCUT2D eigenvalue weighted by Gasteiger charge is 2.36. The summed E-state index contributed by atoms with van der Waals surface area (Å²) in [5.74, 6) is -0.160. The summed E-state index contributed by atoms with van der Waals surface area (Å²) in [7, 11) is 0. The molecule has 1 fully saturated rings. The molecule has 7 nitrogen and oxygen atoms in total. The van der Waals surface area contributed by atoms with Crippen molar-refractivity contribution < 1.29 is 14.7 Å². The zero-order valence-electron chi connectivity index (χ0n) is 18.3. The van der Waals surface area contributed by atoms with E-state index in [1.807, 2.05) is 31.3 Å². The molecule has 32 heavy (non-hydrogen) atoms. The SMILES string of the molecule is C[C@H](Cc1c[nH]c2ccccc12)NC(=O)[C@@H]1CCCN1C(=O)[C@@H](N)Cc1ccc(O)cc1. The minimum atomic E-state index is -0.725. The Morgan fingerprint density at radius 1 is 1.19 bits per heavy atom. The summed E-state index contributed by atoms with van der Waals surface area (Å²) in [6, 6.07) is 13.5. The quantitative estimate of drug-likeness (QED) is 0.458. The van der Waals surface area contributed by atoms with Gasteiger partial charge in [-0.2, -0.15) is 0 Å². The molecule has 2 aromatic carbocycles. The van der Waals surface area contributed by atoms with Gasteiger partial charge in [0, 0.05) is 29.7 Å². The molecule has 1 aliphatic rings. The molecule has 3 atom stereocenters. The Bertz CT molecular complexity index is 1090. The number of benzene rings is 2. The molecule has 2 amide bonds. The number of aromatic amines is 1. The largest absolute Gasteiger partial charge is 0.508 e. The van der Waals surface area contributed by atoms with Gasteiger partial charge >= 0.3 is 0 Å². The smallest absolute Gasteiger partial charge is 0.243 e. The fourth-order valence-corrected chi connectivity index (χ4v) is 4.51. The maximum absolute atomic E-state index is 13.0. The third-order valence-corrected chi connectivity index (χ3v) is 6.14. The van der Waals surface area contributed by atoms with Gasteiger partial charge in [-0.05, 0) is 61.9 Å². The second-order valence-electron chi connectivity index (χ2n) is 8.64. The van der Waals surface area contributed by atoms with Crippen LogP contribution in [0, 0.1) is 0 Å². The van der Waals surface area contributed by atoms with Crippen molar-refractivity contribution in [2.45, 2.75) is 50.7 Å². The first kappa shape index (κ1) is 21.9. The normalized spacial score (nSPS) is 17.9. The highest BCUT2D eigenvalue weighted by Crippen LogP contribution is 2.21. The Balaban J connectivity index is 1.36. The summed E-state index contributed by atoms with van der Waals surface area (Å²) in [4.78, 5) is 30.9. The van der Waals surface area contributed by atoms with E-state index in [1.54, 1.807) is 29.2 Å². The molecule has 5 N–H and O–H groups in total. The molecule has 1 aromatic heterocycles. The molecule has 1 saturated heterocycles. The van der Waals surface area contributed by atoms with Crippen molar-refractivity contribution in [3.63, 3.8) is 0 Å². The Morgan fingerprint density at radius 3 is 2.72 bits per heavy atom. The monoisotopic (exact) mass is 434 g/mol. The molecule has 0 radical (unpaired) electrons. The van der Waals surface area contributed by atoms with E-state index in [9.17, 15) is 14.7 Å². The molecule has 0 bridgehead atoms. The van der Waals surface area contributed by atoms with Crippen LogP contribution in [0.1, 0.15) is 30.9 Å². The van der Waals surface area contributed by atoms with E-state index in [0.717, 1.165) is 28.5 Å². The number of fused-ring (bicyclic) bond motifs is 1. The molecule has 3 aromatic rings. The van der Waals surface area contributed by atoms with Crippen molar-refractivity contribution in [2.75, 3.05) is 6.54 Å². The predicted molar refractivity (Wildman–Crippen MR) is 124 cm³/mol. The van der Waals surface area contributed by atoms with Gasteiger partial charge < -0.3 is 26.0 Å². The van der Waals surface area contributed by atoms with Crippen LogP contribution in [0.5, 0.6) is 5.75 Å². The Hall–Kier alpha value is -3.32. The molecule has 1 aliphatic heterocycles. The predicted octanol–water partition coefficient (Wildman–Crippen LogP) is 2.48. The van der Waals surface area contributed by atoms with Crippen LogP contribution < -0.4 is 11.1 Å². The fraction of sp³-hybridized carbons (Fsp3) is 0.360. The van der Waals surface area contributed by atoms with Gasteiger partial charge in [0.25, 0.3) is 0 Å². The molecule has 2 heterocycles. The van der Waals surface area contributed by atoms with Crippen LogP contribution in [0.25, 0.3) is 10.9 Å². The van der Waals surface area contributed by atoms with Crippen LogP contribution in [-0.2, 0) is 22.4 Å². The van der Waals surface area contributed by atoms with E-state index in [4.69, 9.17) is 5.73 Å². The summed E-state index contributed by atoms with van der Waals surface area (Å²) in [5, 5.41) is 13.7. The molecule has 168 valence electrons. The molecular formula is C25H30N4O3. The van der Waals surface area contributed by atoms with Gasteiger partial charge in [0.15, 0.2) is 0 Å². The minimum absolute atomic E-state index is 0.0649. The Labute approximate surface area is 187 Å². The number of hydrogen-bond acceptors (Lipinski definition) is 4. The number of phenols is 1. The third-order valence-electron chi connectivity index (χ3n) is 6.14. The number of hydrogen-bond donors (Lipinski definition) is 4. The molecule has 0 spiro atoms. The van der Waals surface area contributed by atoms with E-state index in [-0.39, 0.29) is 23.6 Å². The minimum Gasteiger partial charge on any atom is -0.508 e. The first-order valence-corrected chi connectivity index (χ1v) is 11.1. The number of nitrogens with one attached hydrogen (secondary N) is 2. The zero-order valence-corrected chi connectivity index (χ0v) is 18.3. The number of phenolic OH excluding ortho intramolecular Hbond substituents is 1. The van der Waals surface area contributed by atoms with E-state index in [0.29, 0.717) is 25.8 Å². The van der Waals surface area contributed by atoms with E-state index < -0.39 is 12.1 Å². The lowest BCUT2D eigenvalue weighted by Crippen LogP contribution is -2.53. The van der Waals surface area contributed by atoms with E-state index in [2.05, 4.69) is 16.4 Å². The van der Waals surface area contributed by atoms with Crippen LogP contribution in [0.15, 0.2) is 54.7 Å². The van der Waals surface area contributed by atoms with Crippen LogP contribution in [0.2, 0.25) is 0 Å². The lowest BCUT2D eigenvalue weighted by molar-refractivity contribution is -0.139. The standard InChI is InChI=1S/C25H30N4O3/c1-16(13-18-15-27-22-6-3-2-5-20(18)22)28-24(31)23-7-4-12-29(23)25(32)21(26)14-17-8-10-19(30)11-9-17/h2-3,5-6,8-11,15-16,21,23,27,30H,4,7,12-14,26H2,1H3,(H,28,31)/t16-,21+,23+/m1/s1. The van der Waals surface area contributed by atoms with Gasteiger partial charge in [-0.25, -0.2) is 0 Å². The number of nitrogens with zero attached hydrogens (tertiary/aromatic N) is 1. The molecule has 0 aliphatic carbocycles. The molecule has 0 saturated carbocycles. The Morgan fingerprint density at radius 2 is 1.94 bits per heavy atom. The van der Waals surface area contributed by atoms with Gasteiger partial charge in [-0.15, -0.1) is 0 Å². The molecule has 4 rings (SSSR count). The van der Waals surface area contributed by atoms with Crippen molar-refractivity contribution in [3.8, 4) is 5.75 Å². The van der Waals surface area contributed by atoms with Crippen LogP contribution >= 0.6 is 0 Å². The zero-order chi connectivity index (χ0) is 22.7. The number of H-pyrrole nitrogens is 1. The lowest BCUT2D eigenvalue weighted by atomic mass is 10.0. The number of amides is 2. The average Bonchev–Trinajstić information content (AvgIpc) is 3.42. The van der Waals surface area contributed by atoms with Crippen molar-refractivity contribution in [2.24, 2.45) is 5.73 Å². The number of rotatable bonds is 7. The fourth-order valence-electron chi connectivity index (χ4n) is 4.51. The Kier molecular flexibility index (Phi) is 6.46. The van der Waals surface area contributed by atoms with E-state index >= 15 is 0 Å². The topological polar surface area (TPSA) is 111 Å². The van der Waals surface area contributed by atoms with Crippen LogP contribution in [-0.4, -0.2) is 51.5 Å². The number of carbonyl (C=O) groups is 2. The van der Waals surface area contributed by atoms with Gasteiger partial charge in [0.2, 0.25) is 11.8 Å². The maximum Gasteiger partial charge on any atom is 0.243 e. The number of carbonyl (C=O) groups excluding carboxylic acids is 2. The first-order valence-electron chi connectivity index (χ1n) is 11.1. The number of para-hydroxylation sites is 1. The molecular weight excluding hydrogens is 404 g/mol. The summed E-state index contributed by atoms with van der Waals surface area (Å²) in [6.07, 6.45) is 4.48. The van der Waals surface area contributed by atoms with Crippen LogP contribution in [0.3, 0.4) is 0 Å². The number of aromatic nitrogens is 1. The van der Waals surface area contributed by atoms with Crippen molar-refractivity contribution in [1.29, 1.82) is 0 Å². The van der Waals surface area contributed by atoms with Crippen molar-refractivity contribution in [1.82, 2.24) is 15.2 Å². The van der Waals surface area contributed by atoms with Gasteiger partial charge in [-0.1, -0.05) is 30.3 Å². The summed E-state index contributed by atoms with van der Waals surface area (Å²) in [6.45, 7) is 2.52. The maximum atomic E-state index is 13.0. The van der Waals surface area contributed by atoms with E-state index in [1.165, 1.54) is 0 Å². The highest BCUT2D eigenvalue weighted by atomic mass is 16.3. The molecule has 0 unspecified atom stereocenters. The van der Waals surface area contributed by atoms with Crippen molar-refractivity contribution in [3.05, 3.63) is 65.9 Å². The first-order chi connectivity index (χ1) is 15.4. The second kappa shape index (κ2) is 9.44. The van der Waals surface area contributed by atoms with Crippen LogP contribution in [0.4, 0.5) is 0 Å². The highest BCUT2D eigenvalue weighted by molar-refractivity contribution is 5.90.